The molecule has 270 valence electrons. The third kappa shape index (κ3) is 9.47. The highest BCUT2D eigenvalue weighted by atomic mass is 19.1. The van der Waals surface area contributed by atoms with Gasteiger partial charge in [0.05, 0.1) is 36.5 Å². The van der Waals surface area contributed by atoms with E-state index in [1.165, 1.54) is 38.5 Å². The molecule has 0 aliphatic carbocycles. The number of benzene rings is 2. The molecular weight excluding hydrogens is 658 g/mol. The number of aromatic nitrogens is 2. The number of ether oxygens (including phenoxy) is 2. The smallest absolute Gasteiger partial charge is 0.200 e. The van der Waals surface area contributed by atoms with Crippen LogP contribution in [0.25, 0.3) is 0 Å². The highest BCUT2D eigenvalue weighted by Gasteiger charge is 2.22. The number of likely N-dealkylation sites (tertiary alicyclic amines) is 1. The lowest BCUT2D eigenvalue weighted by atomic mass is 10.0. The maximum Gasteiger partial charge on any atom is 0.200 e. The standard InChI is InChI=1S/C19H23FN4O2.C18H21FN4O2/c1-24-9-7-13(8-10-24)22-17-6-4-14(19(21)23-17)18(25)15-11-12(20)3-5-16(15)26-2;1-25-15-4-2-11(19)10-14(15)17(24)13-3-5-16(23-18(13)20)22-12-6-8-21-9-7-12/h3-6,11,13H,7-10H2,1-2H3,(H3,21,22,23);2-5,10,12,21H,6-9H2,1H3,(H3,20,22,23). The van der Waals surface area contributed by atoms with Gasteiger partial charge in [0, 0.05) is 12.1 Å². The predicted molar refractivity (Wildman–Crippen MR) is 194 cm³/mol. The van der Waals surface area contributed by atoms with Crippen LogP contribution >= 0.6 is 0 Å². The van der Waals surface area contributed by atoms with Crippen molar-refractivity contribution in [1.82, 2.24) is 20.2 Å². The Hall–Kier alpha value is -5.34. The lowest BCUT2D eigenvalue weighted by molar-refractivity contribution is 0.102. The molecule has 0 bridgehead atoms. The van der Waals surface area contributed by atoms with Gasteiger partial charge in [-0.05, 0) is 120 Å². The van der Waals surface area contributed by atoms with E-state index >= 15 is 0 Å². The number of rotatable bonds is 10. The summed E-state index contributed by atoms with van der Waals surface area (Å²) in [7, 11) is 4.96. The maximum absolute atomic E-state index is 13.5. The summed E-state index contributed by atoms with van der Waals surface area (Å²) in [5.41, 5.74) is 12.7. The topological polar surface area (TPSA) is 170 Å². The molecule has 7 N–H and O–H groups in total. The summed E-state index contributed by atoms with van der Waals surface area (Å²) >= 11 is 0. The third-order valence-corrected chi connectivity index (χ3v) is 8.91. The van der Waals surface area contributed by atoms with E-state index < -0.39 is 23.2 Å². The fraction of sp³-hybridized carbons (Fsp3) is 0.351. The molecule has 4 aromatic rings. The molecule has 0 saturated carbocycles. The first-order valence-electron chi connectivity index (χ1n) is 16.8. The molecule has 2 aliphatic rings. The van der Waals surface area contributed by atoms with E-state index in [2.05, 4.69) is 37.9 Å². The molecule has 0 atom stereocenters. The molecule has 2 fully saturated rings. The quantitative estimate of drug-likeness (QED) is 0.144. The summed E-state index contributed by atoms with van der Waals surface area (Å²) in [5.74, 6) is 0.210. The van der Waals surface area contributed by atoms with Gasteiger partial charge in [-0.25, -0.2) is 18.7 Å². The highest BCUT2D eigenvalue weighted by Crippen LogP contribution is 2.27. The van der Waals surface area contributed by atoms with Crippen LogP contribution in [0.4, 0.5) is 32.1 Å². The minimum absolute atomic E-state index is 0.107. The van der Waals surface area contributed by atoms with Crippen molar-refractivity contribution in [3.8, 4) is 11.5 Å². The van der Waals surface area contributed by atoms with E-state index in [0.29, 0.717) is 35.2 Å². The molecule has 4 heterocycles. The van der Waals surface area contributed by atoms with Gasteiger partial charge in [0.1, 0.15) is 46.4 Å². The highest BCUT2D eigenvalue weighted by molar-refractivity contribution is 6.14. The Morgan fingerprint density at radius 2 is 1.14 bits per heavy atom. The number of nitrogens with zero attached hydrogens (tertiary/aromatic N) is 3. The lowest BCUT2D eigenvalue weighted by Gasteiger charge is -2.29. The van der Waals surface area contributed by atoms with Crippen molar-refractivity contribution in [1.29, 1.82) is 0 Å². The summed E-state index contributed by atoms with van der Waals surface area (Å²) in [5, 5.41) is 10.00. The van der Waals surface area contributed by atoms with Crippen LogP contribution in [0.2, 0.25) is 0 Å². The third-order valence-electron chi connectivity index (χ3n) is 8.91. The van der Waals surface area contributed by atoms with Gasteiger partial charge >= 0.3 is 0 Å². The van der Waals surface area contributed by atoms with Crippen molar-refractivity contribution in [2.24, 2.45) is 0 Å². The molecular formula is C37H44F2N8O4. The van der Waals surface area contributed by atoms with Crippen molar-refractivity contribution in [3.05, 3.63) is 94.6 Å². The SMILES string of the molecule is COc1ccc(F)cc1C(=O)c1ccc(NC2CCN(C)CC2)nc1N.COc1ccc(F)cc1C(=O)c1ccc(NC2CCNCC2)nc1N. The number of piperidine rings is 2. The lowest BCUT2D eigenvalue weighted by Crippen LogP contribution is -2.36. The molecule has 0 radical (unpaired) electrons. The Kier molecular flexibility index (Phi) is 12.3. The van der Waals surface area contributed by atoms with Gasteiger partial charge in [0.2, 0.25) is 11.6 Å². The zero-order valence-corrected chi connectivity index (χ0v) is 29.0. The monoisotopic (exact) mass is 702 g/mol. The molecule has 14 heteroatoms. The molecule has 0 amide bonds. The van der Waals surface area contributed by atoms with Gasteiger partial charge in [-0.3, -0.25) is 9.59 Å². The number of carbonyl (C=O) groups is 2. The number of hydrogen-bond donors (Lipinski definition) is 5. The van der Waals surface area contributed by atoms with Crippen molar-refractivity contribution in [2.75, 3.05) is 69.5 Å². The Balaban J connectivity index is 0.000000198. The Morgan fingerprint density at radius 1 is 0.706 bits per heavy atom. The van der Waals surface area contributed by atoms with E-state index in [-0.39, 0.29) is 33.9 Å². The van der Waals surface area contributed by atoms with Crippen LogP contribution in [0.5, 0.6) is 11.5 Å². The van der Waals surface area contributed by atoms with Gasteiger partial charge in [0.15, 0.2) is 0 Å². The second-order valence-electron chi connectivity index (χ2n) is 12.5. The molecule has 51 heavy (non-hydrogen) atoms. The molecule has 2 aromatic carbocycles. The minimum atomic E-state index is -0.514. The number of pyridine rings is 2. The zero-order chi connectivity index (χ0) is 36.5. The fourth-order valence-corrected chi connectivity index (χ4v) is 6.04. The second-order valence-corrected chi connectivity index (χ2v) is 12.5. The van der Waals surface area contributed by atoms with Crippen LogP contribution in [0.3, 0.4) is 0 Å². The van der Waals surface area contributed by atoms with Crippen molar-refractivity contribution in [3.63, 3.8) is 0 Å². The number of carbonyl (C=O) groups excluding carboxylic acids is 2. The van der Waals surface area contributed by atoms with E-state index in [0.717, 1.165) is 64.0 Å². The van der Waals surface area contributed by atoms with Crippen LogP contribution in [0.1, 0.15) is 57.5 Å². The minimum Gasteiger partial charge on any atom is -0.496 e. The number of anilines is 4. The number of ketones is 2. The van der Waals surface area contributed by atoms with E-state index in [9.17, 15) is 18.4 Å². The number of nitrogens with one attached hydrogen (secondary N) is 3. The second kappa shape index (κ2) is 17.1. The zero-order valence-electron chi connectivity index (χ0n) is 29.0. The molecule has 0 unspecified atom stereocenters. The molecule has 6 rings (SSSR count). The summed E-state index contributed by atoms with van der Waals surface area (Å²) in [6.07, 6.45) is 4.06. The van der Waals surface area contributed by atoms with Gasteiger partial charge in [-0.1, -0.05) is 0 Å². The Bertz CT molecular complexity index is 1850. The Labute approximate surface area is 295 Å². The normalized spacial score (nSPS) is 15.3. The van der Waals surface area contributed by atoms with E-state index in [1.54, 1.807) is 24.3 Å². The maximum atomic E-state index is 13.5. The number of methoxy groups -OCH3 is 2. The van der Waals surface area contributed by atoms with Crippen molar-refractivity contribution < 1.29 is 27.8 Å². The van der Waals surface area contributed by atoms with Crippen molar-refractivity contribution in [2.45, 2.75) is 37.8 Å². The number of nitrogens with two attached hydrogens (primary N) is 2. The summed E-state index contributed by atoms with van der Waals surface area (Å²) in [6, 6.07) is 14.9. The molecule has 12 nitrogen and oxygen atoms in total. The number of nitrogen functional groups attached to an aromatic ring is 2. The first-order chi connectivity index (χ1) is 24.6. The van der Waals surface area contributed by atoms with E-state index in [1.807, 2.05) is 0 Å². The summed E-state index contributed by atoms with van der Waals surface area (Å²) in [6.45, 7) is 3.98. The van der Waals surface area contributed by atoms with Crippen molar-refractivity contribution >= 4 is 34.8 Å². The van der Waals surface area contributed by atoms with Crippen LogP contribution in [-0.4, -0.2) is 86.0 Å². The summed E-state index contributed by atoms with van der Waals surface area (Å²) in [4.78, 5) is 36.3. The van der Waals surface area contributed by atoms with Crippen LogP contribution in [0, 0.1) is 11.6 Å². The first kappa shape index (κ1) is 36.9. The predicted octanol–water partition coefficient (Wildman–Crippen LogP) is 4.76. The van der Waals surface area contributed by atoms with Crippen LogP contribution in [-0.2, 0) is 0 Å². The van der Waals surface area contributed by atoms with Gasteiger partial charge < -0.3 is 41.8 Å². The van der Waals surface area contributed by atoms with Gasteiger partial charge in [0.25, 0.3) is 0 Å². The van der Waals surface area contributed by atoms with Crippen LogP contribution < -0.4 is 36.9 Å². The average molecular weight is 703 g/mol. The molecule has 0 spiro atoms. The largest absolute Gasteiger partial charge is 0.496 e. The van der Waals surface area contributed by atoms with Gasteiger partial charge in [-0.15, -0.1) is 0 Å². The Morgan fingerprint density at radius 3 is 1.55 bits per heavy atom. The summed E-state index contributed by atoms with van der Waals surface area (Å²) < 4.78 is 37.3. The molecule has 2 saturated heterocycles. The average Bonchev–Trinajstić information content (AvgIpc) is 3.13. The molecule has 2 aliphatic heterocycles. The van der Waals surface area contributed by atoms with Crippen LogP contribution in [0.15, 0.2) is 60.7 Å². The van der Waals surface area contributed by atoms with Gasteiger partial charge in [-0.2, -0.15) is 0 Å². The first-order valence-corrected chi connectivity index (χ1v) is 16.8. The molecule has 2 aromatic heterocycles. The van der Waals surface area contributed by atoms with E-state index in [4.69, 9.17) is 20.9 Å². The number of halogens is 2. The number of hydrogen-bond acceptors (Lipinski definition) is 12. The fourth-order valence-electron chi connectivity index (χ4n) is 6.04.